The molecule has 0 aliphatic carbocycles. The highest BCUT2D eigenvalue weighted by atomic mass is 32.1. The summed E-state index contributed by atoms with van der Waals surface area (Å²) in [6, 6.07) is 13.1. The molecule has 3 aromatic rings. The van der Waals surface area contributed by atoms with Crippen molar-refractivity contribution in [1.82, 2.24) is 9.88 Å². The Morgan fingerprint density at radius 3 is 2.48 bits per heavy atom. The van der Waals surface area contributed by atoms with Crippen LogP contribution in [-0.2, 0) is 0 Å². The summed E-state index contributed by atoms with van der Waals surface area (Å²) in [6.45, 7) is 7.45. The lowest BCUT2D eigenvalue weighted by Crippen LogP contribution is -2.38. The Bertz CT molecular complexity index is 969. The summed E-state index contributed by atoms with van der Waals surface area (Å²) in [4.78, 5) is 22.2. The van der Waals surface area contributed by atoms with E-state index >= 15 is 0 Å². The number of carbonyl (C=O) groups is 1. The number of hydrogen-bond acceptors (Lipinski definition) is 6. The molecule has 0 aliphatic rings. The van der Waals surface area contributed by atoms with E-state index in [9.17, 15) is 4.79 Å². The molecule has 0 aliphatic heterocycles. The molecule has 0 N–H and O–H groups in total. The van der Waals surface area contributed by atoms with Crippen molar-refractivity contribution in [2.75, 3.05) is 45.3 Å². The lowest BCUT2D eigenvalue weighted by Gasteiger charge is -2.24. The fourth-order valence-corrected chi connectivity index (χ4v) is 4.18. The molecule has 0 atom stereocenters. The number of likely N-dealkylation sites (N-methyl/N-ethyl adjacent to an activating group) is 1. The highest BCUT2D eigenvalue weighted by Gasteiger charge is 2.23. The number of aromatic nitrogens is 1. The molecule has 0 saturated carbocycles. The molecule has 154 valence electrons. The molecular formula is C22H27N3O3S. The van der Waals surface area contributed by atoms with Gasteiger partial charge in [0.1, 0.15) is 17.0 Å². The van der Waals surface area contributed by atoms with Crippen molar-refractivity contribution in [3.05, 3.63) is 48.0 Å². The number of ether oxygens (including phenoxy) is 2. The molecular weight excluding hydrogens is 386 g/mol. The number of carbonyl (C=O) groups excluding carboxylic acids is 1. The molecule has 0 bridgehead atoms. The van der Waals surface area contributed by atoms with Crippen LogP contribution in [-0.4, -0.2) is 56.2 Å². The molecule has 0 fully saturated rings. The summed E-state index contributed by atoms with van der Waals surface area (Å²) in [6.07, 6.45) is 0. The first-order valence-electron chi connectivity index (χ1n) is 9.73. The second-order valence-corrected chi connectivity index (χ2v) is 7.53. The number of benzene rings is 2. The zero-order valence-corrected chi connectivity index (χ0v) is 18.2. The molecule has 7 heteroatoms. The Kier molecular flexibility index (Phi) is 7.06. The molecule has 1 amide bonds. The van der Waals surface area contributed by atoms with Gasteiger partial charge in [-0.05, 0) is 43.4 Å². The van der Waals surface area contributed by atoms with Crippen LogP contribution in [0.3, 0.4) is 0 Å². The predicted octanol–water partition coefficient (Wildman–Crippen LogP) is 4.30. The highest BCUT2D eigenvalue weighted by molar-refractivity contribution is 7.22. The molecule has 2 aromatic carbocycles. The fraction of sp³-hybridized carbons (Fsp3) is 0.364. The molecule has 3 rings (SSSR count). The van der Waals surface area contributed by atoms with Crippen LogP contribution in [0, 0.1) is 0 Å². The largest absolute Gasteiger partial charge is 0.497 e. The third kappa shape index (κ3) is 4.68. The van der Waals surface area contributed by atoms with E-state index in [0.29, 0.717) is 28.7 Å². The van der Waals surface area contributed by atoms with Gasteiger partial charge in [-0.25, -0.2) is 4.98 Å². The van der Waals surface area contributed by atoms with Gasteiger partial charge in [-0.2, -0.15) is 0 Å². The molecule has 1 aromatic heterocycles. The minimum atomic E-state index is -0.0888. The van der Waals surface area contributed by atoms with Gasteiger partial charge in [-0.1, -0.05) is 37.3 Å². The van der Waals surface area contributed by atoms with Crippen molar-refractivity contribution < 1.29 is 14.3 Å². The van der Waals surface area contributed by atoms with E-state index in [-0.39, 0.29) is 5.91 Å². The van der Waals surface area contributed by atoms with E-state index in [1.54, 1.807) is 25.2 Å². The van der Waals surface area contributed by atoms with Gasteiger partial charge >= 0.3 is 0 Å². The summed E-state index contributed by atoms with van der Waals surface area (Å²) >= 11 is 1.50. The van der Waals surface area contributed by atoms with E-state index in [0.717, 1.165) is 29.9 Å². The minimum absolute atomic E-state index is 0.0888. The van der Waals surface area contributed by atoms with Crippen molar-refractivity contribution in [2.45, 2.75) is 13.8 Å². The first kappa shape index (κ1) is 21.1. The van der Waals surface area contributed by atoms with Crippen LogP contribution >= 0.6 is 11.3 Å². The first-order chi connectivity index (χ1) is 14.1. The summed E-state index contributed by atoms with van der Waals surface area (Å²) in [5.41, 5.74) is 1.36. The predicted molar refractivity (Wildman–Crippen MR) is 119 cm³/mol. The second kappa shape index (κ2) is 9.71. The number of amides is 1. The first-order valence-corrected chi connectivity index (χ1v) is 10.5. The lowest BCUT2D eigenvalue weighted by atomic mass is 10.2. The van der Waals surface area contributed by atoms with E-state index in [4.69, 9.17) is 14.5 Å². The summed E-state index contributed by atoms with van der Waals surface area (Å²) < 4.78 is 11.7. The van der Waals surface area contributed by atoms with Gasteiger partial charge in [0.05, 0.1) is 18.9 Å². The van der Waals surface area contributed by atoms with Gasteiger partial charge in [0.2, 0.25) is 0 Å². The molecule has 0 radical (unpaired) electrons. The van der Waals surface area contributed by atoms with Crippen molar-refractivity contribution >= 4 is 32.6 Å². The Hall–Kier alpha value is -2.64. The van der Waals surface area contributed by atoms with Crippen LogP contribution in [0.5, 0.6) is 11.5 Å². The summed E-state index contributed by atoms with van der Waals surface area (Å²) in [5, 5.41) is 0.671. The van der Waals surface area contributed by atoms with Crippen LogP contribution < -0.4 is 14.4 Å². The smallest absolute Gasteiger partial charge is 0.260 e. The maximum atomic E-state index is 13.4. The van der Waals surface area contributed by atoms with Crippen LogP contribution in [0.25, 0.3) is 10.2 Å². The quantitative estimate of drug-likeness (QED) is 0.523. The zero-order chi connectivity index (χ0) is 20.8. The Labute approximate surface area is 175 Å². The van der Waals surface area contributed by atoms with Crippen LogP contribution in [0.15, 0.2) is 42.5 Å². The van der Waals surface area contributed by atoms with E-state index in [1.807, 2.05) is 36.4 Å². The van der Waals surface area contributed by atoms with Gasteiger partial charge in [0, 0.05) is 18.7 Å². The minimum Gasteiger partial charge on any atom is -0.497 e. The Balaban J connectivity index is 1.99. The van der Waals surface area contributed by atoms with Gasteiger partial charge in [0.15, 0.2) is 5.13 Å². The summed E-state index contributed by atoms with van der Waals surface area (Å²) in [5.74, 6) is 1.28. The molecule has 0 spiro atoms. The number of methoxy groups -OCH3 is 2. The highest BCUT2D eigenvalue weighted by Crippen LogP contribution is 2.34. The standard InChI is InChI=1S/C22H27N3O3S/c1-5-24(6-2)13-14-25(21(26)16-9-7-10-17(15-16)27-3)22-23-20-18(28-4)11-8-12-19(20)29-22/h7-12,15H,5-6,13-14H2,1-4H3. The number of nitrogens with zero attached hydrogens (tertiary/aromatic N) is 3. The molecule has 0 unspecified atom stereocenters. The second-order valence-electron chi connectivity index (χ2n) is 6.52. The Morgan fingerprint density at radius 2 is 1.79 bits per heavy atom. The monoisotopic (exact) mass is 413 g/mol. The normalized spacial score (nSPS) is 11.1. The topological polar surface area (TPSA) is 54.9 Å². The van der Waals surface area contributed by atoms with Crippen molar-refractivity contribution in [3.63, 3.8) is 0 Å². The number of anilines is 1. The van der Waals surface area contributed by atoms with Gasteiger partial charge in [-0.15, -0.1) is 0 Å². The van der Waals surface area contributed by atoms with E-state index in [1.165, 1.54) is 11.3 Å². The average Bonchev–Trinajstić information content (AvgIpc) is 3.20. The third-order valence-corrected chi connectivity index (χ3v) is 5.96. The van der Waals surface area contributed by atoms with E-state index in [2.05, 4.69) is 18.7 Å². The van der Waals surface area contributed by atoms with Crippen LogP contribution in [0.2, 0.25) is 0 Å². The average molecular weight is 414 g/mol. The molecule has 0 saturated heterocycles. The number of thiazole rings is 1. The summed E-state index contributed by atoms with van der Waals surface area (Å²) in [7, 11) is 3.23. The molecule has 1 heterocycles. The van der Waals surface area contributed by atoms with Gasteiger partial charge in [-0.3, -0.25) is 9.69 Å². The number of hydrogen-bond donors (Lipinski definition) is 0. The van der Waals surface area contributed by atoms with E-state index < -0.39 is 0 Å². The molecule has 29 heavy (non-hydrogen) atoms. The van der Waals surface area contributed by atoms with Crippen molar-refractivity contribution in [2.24, 2.45) is 0 Å². The van der Waals surface area contributed by atoms with Crippen LogP contribution in [0.1, 0.15) is 24.2 Å². The molecule has 6 nitrogen and oxygen atoms in total. The number of para-hydroxylation sites is 1. The number of rotatable bonds is 9. The SMILES string of the molecule is CCN(CC)CCN(C(=O)c1cccc(OC)c1)c1nc2c(OC)cccc2s1. The maximum Gasteiger partial charge on any atom is 0.260 e. The number of fused-ring (bicyclic) bond motifs is 1. The fourth-order valence-electron chi connectivity index (χ4n) is 3.17. The third-order valence-electron chi connectivity index (χ3n) is 4.92. The van der Waals surface area contributed by atoms with Crippen molar-refractivity contribution in [1.29, 1.82) is 0 Å². The zero-order valence-electron chi connectivity index (χ0n) is 17.3. The Morgan fingerprint density at radius 1 is 1.03 bits per heavy atom. The van der Waals surface area contributed by atoms with Gasteiger partial charge in [0.25, 0.3) is 5.91 Å². The van der Waals surface area contributed by atoms with Gasteiger partial charge < -0.3 is 14.4 Å². The lowest BCUT2D eigenvalue weighted by molar-refractivity contribution is 0.0983. The van der Waals surface area contributed by atoms with Crippen molar-refractivity contribution in [3.8, 4) is 11.5 Å². The van der Waals surface area contributed by atoms with Crippen LogP contribution in [0.4, 0.5) is 5.13 Å². The maximum absolute atomic E-state index is 13.4.